The highest BCUT2D eigenvalue weighted by atomic mass is 15.0. The van der Waals surface area contributed by atoms with Crippen LogP contribution in [0.5, 0.6) is 0 Å². The molecule has 2 nitrogen and oxygen atoms in total. The maximum Gasteiger partial charge on any atom is 0.0503 e. The van der Waals surface area contributed by atoms with Gasteiger partial charge in [0, 0.05) is 22.5 Å². The van der Waals surface area contributed by atoms with Crippen LogP contribution in [0.15, 0.2) is 72.9 Å². The van der Waals surface area contributed by atoms with Crippen molar-refractivity contribution < 1.29 is 0 Å². The molecule has 0 spiro atoms. The predicted molar refractivity (Wildman–Crippen MR) is 169 cm³/mol. The van der Waals surface area contributed by atoms with E-state index in [0.717, 1.165) is 25.7 Å². The highest BCUT2D eigenvalue weighted by Gasteiger charge is 2.18. The average Bonchev–Trinajstić information content (AvgIpc) is 3.51. The maximum atomic E-state index is 2.46. The van der Waals surface area contributed by atoms with Crippen LogP contribution in [-0.2, 0) is 12.8 Å². The van der Waals surface area contributed by atoms with E-state index >= 15 is 0 Å². The summed E-state index contributed by atoms with van der Waals surface area (Å²) in [6, 6.07) is 14.0. The summed E-state index contributed by atoms with van der Waals surface area (Å²) in [7, 11) is 0. The smallest absolute Gasteiger partial charge is 0.0503 e. The van der Waals surface area contributed by atoms with Crippen LogP contribution in [0.25, 0.3) is 59.0 Å². The van der Waals surface area contributed by atoms with Crippen LogP contribution in [0.3, 0.4) is 0 Å². The molecule has 194 valence electrons. The van der Waals surface area contributed by atoms with Gasteiger partial charge in [0.2, 0.25) is 0 Å². The van der Waals surface area contributed by atoms with Gasteiger partial charge in [0.25, 0.3) is 0 Å². The highest BCUT2D eigenvalue weighted by Crippen LogP contribution is 2.30. The van der Waals surface area contributed by atoms with Gasteiger partial charge >= 0.3 is 0 Å². The topological polar surface area (TPSA) is 9.86 Å². The largest absolute Gasteiger partial charge is 0.310 e. The van der Waals surface area contributed by atoms with Crippen molar-refractivity contribution in [3.63, 3.8) is 0 Å². The number of hydrogen-bond acceptors (Lipinski definition) is 0. The van der Waals surface area contributed by atoms with Crippen molar-refractivity contribution >= 4 is 36.5 Å². The molecule has 2 heteroatoms. The zero-order chi connectivity index (χ0) is 26.8. The lowest BCUT2D eigenvalue weighted by Gasteiger charge is -2.15. The maximum absolute atomic E-state index is 2.46. The van der Waals surface area contributed by atoms with E-state index in [4.69, 9.17) is 0 Å². The second-order valence-corrected chi connectivity index (χ2v) is 11.3. The van der Waals surface area contributed by atoms with Gasteiger partial charge in [-0.2, -0.15) is 0 Å². The van der Waals surface area contributed by atoms with Gasteiger partial charge in [0.05, 0.1) is 21.4 Å². The van der Waals surface area contributed by atoms with Crippen LogP contribution in [0.1, 0.15) is 46.2 Å². The predicted octanol–water partition coefficient (Wildman–Crippen LogP) is 5.73. The minimum Gasteiger partial charge on any atom is -0.310 e. The first-order valence-electron chi connectivity index (χ1n) is 14.5. The molecular weight excluding hydrogens is 484 g/mol. The minimum absolute atomic E-state index is 0.988. The zero-order valence-corrected chi connectivity index (χ0v) is 23.1. The fourth-order valence-corrected chi connectivity index (χ4v) is 7.07. The first kappa shape index (κ1) is 23.3. The number of allylic oxidation sites excluding steroid dienone is 6. The van der Waals surface area contributed by atoms with Crippen molar-refractivity contribution in [2.75, 3.05) is 0 Å². The van der Waals surface area contributed by atoms with Crippen molar-refractivity contribution in [3.05, 3.63) is 128 Å². The monoisotopic (exact) mass is 516 g/mol. The Balaban J connectivity index is 1.23. The Morgan fingerprint density at radius 1 is 0.550 bits per heavy atom. The third kappa shape index (κ3) is 3.42. The van der Waals surface area contributed by atoms with Crippen molar-refractivity contribution in [2.45, 2.75) is 39.5 Å². The third-order valence-corrected chi connectivity index (χ3v) is 8.90. The minimum atomic E-state index is 0.988. The Bertz CT molecular complexity index is 1960. The van der Waals surface area contributed by atoms with Gasteiger partial charge in [-0.1, -0.05) is 72.9 Å². The Hall–Kier alpha value is -4.56. The second-order valence-electron chi connectivity index (χ2n) is 11.3. The van der Waals surface area contributed by atoms with E-state index < -0.39 is 0 Å². The molecule has 0 fully saturated rings. The molecule has 0 aliphatic heterocycles. The van der Waals surface area contributed by atoms with Crippen LogP contribution in [0.2, 0.25) is 0 Å². The van der Waals surface area contributed by atoms with Crippen molar-refractivity contribution in [1.29, 1.82) is 0 Å². The molecule has 2 aromatic heterocycles. The molecule has 0 radical (unpaired) electrons. The molecule has 0 saturated heterocycles. The number of hydrogen-bond donors (Lipinski definition) is 0. The van der Waals surface area contributed by atoms with E-state index in [1.165, 1.54) is 77.3 Å². The van der Waals surface area contributed by atoms with Crippen LogP contribution >= 0.6 is 0 Å². The number of benzene rings is 2. The quantitative estimate of drug-likeness (QED) is 0.329. The molecule has 2 aromatic carbocycles. The number of rotatable bonds is 3. The molecule has 2 heterocycles. The molecule has 4 aliphatic rings. The molecule has 0 unspecified atom stereocenters. The van der Waals surface area contributed by atoms with Crippen molar-refractivity contribution in [1.82, 2.24) is 9.13 Å². The molecule has 0 bridgehead atoms. The molecule has 8 rings (SSSR count). The fourth-order valence-electron chi connectivity index (χ4n) is 7.07. The number of aryl methyl sites for hydroxylation is 2. The van der Waals surface area contributed by atoms with Gasteiger partial charge in [-0.25, -0.2) is 0 Å². The molecule has 0 atom stereocenters. The summed E-state index contributed by atoms with van der Waals surface area (Å²) in [6.07, 6.45) is 31.3. The van der Waals surface area contributed by atoms with E-state index in [1.54, 1.807) is 0 Å². The summed E-state index contributed by atoms with van der Waals surface area (Å²) in [6.45, 7) is 4.51. The fraction of sp³-hybridized carbons (Fsp3) is 0.158. The first-order chi connectivity index (χ1) is 19.7. The molecule has 0 amide bonds. The Kier molecular flexibility index (Phi) is 5.25. The SMILES string of the molecule is Cc1cc(-n2c3c(c4c2=CC=CC4)C=CCC=3)ccc1-c1ccc(-n2c3c(c4c2=CC=CC4)C=CCC=3)cc1C. The lowest BCUT2D eigenvalue weighted by atomic mass is 9.95. The van der Waals surface area contributed by atoms with E-state index in [2.05, 4.69) is 132 Å². The molecule has 4 aliphatic carbocycles. The normalized spacial score (nSPS) is 15.8. The van der Waals surface area contributed by atoms with E-state index in [0.29, 0.717) is 0 Å². The average molecular weight is 517 g/mol. The van der Waals surface area contributed by atoms with Gasteiger partial charge in [-0.15, -0.1) is 0 Å². The number of fused-ring (bicyclic) bond motifs is 6. The Labute approximate surface area is 234 Å². The summed E-state index contributed by atoms with van der Waals surface area (Å²) in [5, 5.41) is 5.30. The van der Waals surface area contributed by atoms with Crippen molar-refractivity contribution in [2.24, 2.45) is 0 Å². The van der Waals surface area contributed by atoms with Crippen LogP contribution in [0, 0.1) is 13.8 Å². The van der Waals surface area contributed by atoms with E-state index in [1.807, 2.05) is 0 Å². The summed E-state index contributed by atoms with van der Waals surface area (Å²) in [4.78, 5) is 0. The molecule has 4 aromatic rings. The van der Waals surface area contributed by atoms with Gasteiger partial charge < -0.3 is 9.13 Å². The van der Waals surface area contributed by atoms with E-state index in [9.17, 15) is 0 Å². The standard InChI is InChI=1S/C38H32N2/c1-25-23-27(39-35-15-7-3-11-31(35)32-12-4-8-16-36(32)39)19-21-29(25)30-22-20-28(24-26(30)2)40-37-17-9-5-13-33(37)34-14-6-10-18-38(34)40/h3-7,9,12,14-24H,8,10-11,13H2,1-2H3. The summed E-state index contributed by atoms with van der Waals surface area (Å²) in [5.74, 6) is 0. The van der Waals surface area contributed by atoms with Crippen LogP contribution in [0.4, 0.5) is 0 Å². The number of aromatic nitrogens is 2. The van der Waals surface area contributed by atoms with E-state index in [-0.39, 0.29) is 0 Å². The summed E-state index contributed by atoms with van der Waals surface area (Å²) < 4.78 is 4.91. The van der Waals surface area contributed by atoms with Crippen LogP contribution in [-0.4, -0.2) is 9.13 Å². The zero-order valence-electron chi connectivity index (χ0n) is 23.1. The van der Waals surface area contributed by atoms with Crippen molar-refractivity contribution in [3.8, 4) is 22.5 Å². The number of nitrogens with zero attached hydrogens (tertiary/aromatic N) is 2. The van der Waals surface area contributed by atoms with Gasteiger partial charge in [-0.3, -0.25) is 0 Å². The van der Waals surface area contributed by atoms with Gasteiger partial charge in [0.1, 0.15) is 0 Å². The van der Waals surface area contributed by atoms with Gasteiger partial charge in [-0.05, 0) is 109 Å². The van der Waals surface area contributed by atoms with Gasteiger partial charge in [0.15, 0.2) is 0 Å². The third-order valence-electron chi connectivity index (χ3n) is 8.90. The lowest BCUT2D eigenvalue weighted by Crippen LogP contribution is -2.27. The molecule has 40 heavy (non-hydrogen) atoms. The highest BCUT2D eigenvalue weighted by molar-refractivity contribution is 5.74. The molecule has 0 N–H and O–H groups in total. The Morgan fingerprint density at radius 3 is 1.48 bits per heavy atom. The Morgan fingerprint density at radius 2 is 1.02 bits per heavy atom. The first-order valence-corrected chi connectivity index (χ1v) is 14.5. The summed E-state index contributed by atoms with van der Waals surface area (Å²) >= 11 is 0. The second kappa shape index (κ2) is 8.99. The molecule has 0 saturated carbocycles. The molecular formula is C38H32N2. The summed E-state index contributed by atoms with van der Waals surface area (Å²) in [5.41, 5.74) is 13.3. The lowest BCUT2D eigenvalue weighted by molar-refractivity contribution is 0.973. The van der Waals surface area contributed by atoms with Crippen LogP contribution < -0.4 is 21.4 Å².